The van der Waals surface area contributed by atoms with E-state index < -0.39 is 70.8 Å². The molecule has 64 heavy (non-hydrogen) atoms. The van der Waals surface area contributed by atoms with Crippen molar-refractivity contribution in [1.29, 1.82) is 0 Å². The Balaban J connectivity index is 1.18. The molecule has 2 aliphatic rings. The average molecular weight is 946 g/mol. The van der Waals surface area contributed by atoms with Gasteiger partial charge in [-0.15, -0.1) is 39.8 Å². The highest BCUT2D eigenvalue weighted by molar-refractivity contribution is 8.01. The van der Waals surface area contributed by atoms with E-state index in [1.807, 2.05) is 60.7 Å². The Bertz CT molecular complexity index is 2610. The van der Waals surface area contributed by atoms with Crippen LogP contribution in [0.25, 0.3) is 0 Å². The van der Waals surface area contributed by atoms with E-state index in [1.54, 1.807) is 7.05 Å². The zero-order valence-corrected chi connectivity index (χ0v) is 37.1. The van der Waals surface area contributed by atoms with Crippen molar-refractivity contribution in [2.45, 2.75) is 42.6 Å². The molecule has 0 aliphatic carbocycles. The molecule has 1 unspecified atom stereocenters. The number of rotatable bonds is 16. The van der Waals surface area contributed by atoms with Gasteiger partial charge in [-0.3, -0.25) is 33.7 Å². The second-order valence-electron chi connectivity index (χ2n) is 13.8. The predicted molar refractivity (Wildman–Crippen MR) is 233 cm³/mol. The van der Waals surface area contributed by atoms with Gasteiger partial charge in [0.2, 0.25) is 17.0 Å². The molecule has 1 saturated heterocycles. The Labute approximate surface area is 381 Å². The molecule has 7 rings (SSSR count). The number of thioether (sulfide) groups is 2. The van der Waals surface area contributed by atoms with Crippen molar-refractivity contribution >= 4 is 93.1 Å². The van der Waals surface area contributed by atoms with Crippen molar-refractivity contribution in [3.05, 3.63) is 118 Å². The average Bonchev–Trinajstić information content (AvgIpc) is 3.93. The van der Waals surface area contributed by atoms with Gasteiger partial charge in [-0.05, 0) is 39.3 Å². The number of alkyl halides is 1. The van der Waals surface area contributed by atoms with Gasteiger partial charge < -0.3 is 30.2 Å². The van der Waals surface area contributed by atoms with Crippen LogP contribution < -0.4 is 25.4 Å². The number of anilines is 1. The monoisotopic (exact) mass is 945 g/mol. The molecule has 2 aliphatic heterocycles. The molecule has 3 N–H and O–H groups in total. The minimum Gasteiger partial charge on any atom is -0.448 e. The molecule has 330 valence electrons. The molecular formula is C41H36ClN9O10S3. The number of carbonyl (C=O) groups is 7. The summed E-state index contributed by atoms with van der Waals surface area (Å²) in [5, 5.41) is 20.5. The number of fused-ring (bicyclic) bond motifs is 1. The molecule has 0 spiro atoms. The number of amides is 4. The summed E-state index contributed by atoms with van der Waals surface area (Å²) in [4.78, 5) is 98.8. The summed E-state index contributed by atoms with van der Waals surface area (Å²) < 4.78 is 18.2. The lowest BCUT2D eigenvalue weighted by atomic mass is 10.0. The third kappa shape index (κ3) is 10.3. The van der Waals surface area contributed by atoms with Crippen LogP contribution in [0.5, 0.6) is 11.5 Å². The van der Waals surface area contributed by atoms with E-state index in [9.17, 15) is 33.6 Å². The first kappa shape index (κ1) is 45.4. The molecule has 5 aromatic rings. The van der Waals surface area contributed by atoms with Crippen LogP contribution in [0, 0.1) is 0 Å². The first-order chi connectivity index (χ1) is 30.8. The molecule has 1 fully saturated rings. The number of ether oxygens (including phenoxy) is 3. The lowest BCUT2D eigenvalue weighted by Crippen LogP contribution is -2.71. The van der Waals surface area contributed by atoms with Gasteiger partial charge in [0.25, 0.3) is 11.8 Å². The predicted octanol–water partition coefficient (Wildman–Crippen LogP) is 3.94. The number of thiazole rings is 1. The number of tetrazole rings is 1. The fraction of sp³-hybridized carbons (Fsp3) is 0.244. The van der Waals surface area contributed by atoms with E-state index in [4.69, 9.17) is 25.8 Å². The van der Waals surface area contributed by atoms with Crippen molar-refractivity contribution in [3.8, 4) is 11.5 Å². The number of carbonyl (C=O) groups excluding carboxylic acids is 7. The Morgan fingerprint density at radius 1 is 0.938 bits per heavy atom. The SMILES string of the molecule is CC(=O)Oc1cccc(C(=O)NC(C(=O)N[C@@H]2C(=O)N3C(C(=O)OC(c4ccccc4)c4ccccc4)=C(CSc4nnnn4C)CS[C@@H]23)c2csc(NC(=O)CCl)n2)c1OC(C)=O. The number of aryl methyl sites for hydroxylation is 1. The fourth-order valence-electron chi connectivity index (χ4n) is 6.55. The third-order valence-corrected chi connectivity index (χ3v) is 12.8. The number of para-hydroxylation sites is 1. The van der Waals surface area contributed by atoms with E-state index in [-0.39, 0.29) is 45.2 Å². The van der Waals surface area contributed by atoms with Crippen molar-refractivity contribution < 1.29 is 47.8 Å². The summed E-state index contributed by atoms with van der Waals surface area (Å²) in [6, 6.07) is 19.4. The maximum absolute atomic E-state index is 14.5. The molecule has 0 saturated carbocycles. The number of hydrogen-bond acceptors (Lipinski definition) is 17. The molecule has 4 heterocycles. The zero-order chi connectivity index (χ0) is 45.5. The summed E-state index contributed by atoms with van der Waals surface area (Å²) in [7, 11) is 1.67. The van der Waals surface area contributed by atoms with Crippen molar-refractivity contribution in [2.24, 2.45) is 7.05 Å². The quantitative estimate of drug-likeness (QED) is 0.0417. The van der Waals surface area contributed by atoms with Gasteiger partial charge in [0, 0.05) is 37.8 Å². The van der Waals surface area contributed by atoms with Crippen LogP contribution in [0.3, 0.4) is 0 Å². The van der Waals surface area contributed by atoms with Crippen molar-refractivity contribution in [2.75, 3.05) is 22.7 Å². The summed E-state index contributed by atoms with van der Waals surface area (Å²) in [6.07, 6.45) is -0.836. The van der Waals surface area contributed by atoms with Crippen LogP contribution in [0.2, 0.25) is 0 Å². The van der Waals surface area contributed by atoms with Gasteiger partial charge in [-0.1, -0.05) is 78.5 Å². The summed E-state index contributed by atoms with van der Waals surface area (Å²) in [5.74, 6) is -5.98. The van der Waals surface area contributed by atoms with E-state index in [0.29, 0.717) is 21.9 Å². The highest BCUT2D eigenvalue weighted by Gasteiger charge is 2.55. The molecule has 3 aromatic carbocycles. The number of β-lactam (4-membered cyclic amide) rings is 1. The Hall–Kier alpha value is -6.62. The lowest BCUT2D eigenvalue weighted by molar-refractivity contribution is -0.154. The van der Waals surface area contributed by atoms with Crippen LogP contribution >= 0.6 is 46.5 Å². The minimum atomic E-state index is -1.62. The van der Waals surface area contributed by atoms with E-state index in [1.165, 1.54) is 56.7 Å². The zero-order valence-electron chi connectivity index (χ0n) is 33.9. The van der Waals surface area contributed by atoms with Crippen molar-refractivity contribution in [3.63, 3.8) is 0 Å². The van der Waals surface area contributed by atoms with E-state index in [0.717, 1.165) is 25.2 Å². The second-order valence-corrected chi connectivity index (χ2v) is 17.0. The largest absolute Gasteiger partial charge is 0.448 e. The first-order valence-corrected chi connectivity index (χ1v) is 22.5. The van der Waals surface area contributed by atoms with Crippen molar-refractivity contribution in [1.82, 2.24) is 40.7 Å². The molecule has 23 heteroatoms. The minimum absolute atomic E-state index is 0.00781. The maximum Gasteiger partial charge on any atom is 0.356 e. The normalized spacial score (nSPS) is 16.0. The molecule has 4 amide bonds. The summed E-state index contributed by atoms with van der Waals surface area (Å²) in [5.41, 5.74) is 1.64. The Kier molecular flexibility index (Phi) is 14.4. The highest BCUT2D eigenvalue weighted by atomic mass is 35.5. The van der Waals surface area contributed by atoms with Crippen LogP contribution in [0.1, 0.15) is 53.2 Å². The van der Waals surface area contributed by atoms with Gasteiger partial charge >= 0.3 is 17.9 Å². The Morgan fingerprint density at radius 3 is 2.25 bits per heavy atom. The smallest absolute Gasteiger partial charge is 0.356 e. The first-order valence-electron chi connectivity index (χ1n) is 19.1. The highest BCUT2D eigenvalue weighted by Crippen LogP contribution is 2.43. The van der Waals surface area contributed by atoms with E-state index >= 15 is 0 Å². The number of nitrogens with zero attached hydrogens (tertiary/aromatic N) is 6. The summed E-state index contributed by atoms with van der Waals surface area (Å²) in [6.45, 7) is 2.20. The van der Waals surface area contributed by atoms with Gasteiger partial charge in [-0.2, -0.15) is 0 Å². The fourth-order valence-corrected chi connectivity index (χ4v) is 9.71. The van der Waals surface area contributed by atoms with Crippen LogP contribution in [-0.2, 0) is 40.6 Å². The second kappa shape index (κ2) is 20.3. The molecule has 0 radical (unpaired) electrons. The number of hydrogen-bond donors (Lipinski definition) is 3. The van der Waals surface area contributed by atoms with Crippen LogP contribution in [0.4, 0.5) is 5.13 Å². The lowest BCUT2D eigenvalue weighted by Gasteiger charge is -2.50. The maximum atomic E-state index is 14.5. The van der Waals surface area contributed by atoms with Gasteiger partial charge in [0.05, 0.1) is 11.3 Å². The molecule has 2 aromatic heterocycles. The van der Waals surface area contributed by atoms with Gasteiger partial charge in [0.1, 0.15) is 23.0 Å². The van der Waals surface area contributed by atoms with Gasteiger partial charge in [0.15, 0.2) is 28.8 Å². The molecular weight excluding hydrogens is 910 g/mol. The number of halogens is 1. The standard InChI is InChI=1S/C41H36ClN9O10S3/c1-21(52)59-28-16-10-15-26(34(28)60-22(2)53)35(55)45-30(27-20-63-40(43-27)44-29(54)17-42)36(56)46-31-37(57)51-32(25(18-62-38(31)51)19-64-41-47-48-49-50(41)3)39(58)61-33(23-11-6-4-7-12-23)24-13-8-5-9-14-24/h4-16,20,30-31,33,38H,17-19H2,1-3H3,(H,45,55)(H,46,56)(H,43,44,54)/t30?,31-,38+/m1/s1. The molecule has 19 nitrogen and oxygen atoms in total. The number of nitrogens with one attached hydrogen (secondary N) is 3. The number of esters is 3. The number of benzene rings is 3. The van der Waals surface area contributed by atoms with Gasteiger partial charge in [-0.25, -0.2) is 14.5 Å². The van der Waals surface area contributed by atoms with Crippen LogP contribution in [-0.4, -0.2) is 100 Å². The topological polar surface area (TPSA) is 243 Å². The molecule has 0 bridgehead atoms. The third-order valence-electron chi connectivity index (χ3n) is 9.37. The molecule has 3 atom stereocenters. The van der Waals surface area contributed by atoms with Crippen LogP contribution in [0.15, 0.2) is 101 Å². The van der Waals surface area contributed by atoms with E-state index in [2.05, 4.69) is 36.5 Å². The summed E-state index contributed by atoms with van der Waals surface area (Å²) >= 11 is 9.16. The number of aromatic nitrogens is 5. The Morgan fingerprint density at radius 2 is 1.62 bits per heavy atom.